The summed E-state index contributed by atoms with van der Waals surface area (Å²) < 4.78 is 16.0. The summed E-state index contributed by atoms with van der Waals surface area (Å²) in [5, 5.41) is 0. The highest BCUT2D eigenvalue weighted by Crippen LogP contribution is 2.30. The highest BCUT2D eigenvalue weighted by atomic mass is 19.1. The predicted octanol–water partition coefficient (Wildman–Crippen LogP) is 7.35. The molecule has 0 aliphatic carbocycles. The van der Waals surface area contributed by atoms with Crippen LogP contribution in [0.15, 0.2) is 115 Å². The molecule has 1 heterocycles. The van der Waals surface area contributed by atoms with Crippen LogP contribution in [0.3, 0.4) is 0 Å². The minimum Gasteiger partial charge on any atom is -0.305 e. The van der Waals surface area contributed by atoms with Crippen molar-refractivity contribution in [3.63, 3.8) is 0 Å². The van der Waals surface area contributed by atoms with E-state index in [0.29, 0.717) is 5.92 Å². The number of benzene rings is 4. The Bertz CT molecular complexity index is 1360. The van der Waals surface area contributed by atoms with E-state index in [4.69, 9.17) is 4.98 Å². The molecule has 0 N–H and O–H groups in total. The summed E-state index contributed by atoms with van der Waals surface area (Å²) in [5.74, 6) is 0.135. The molecule has 5 rings (SSSR count). The van der Waals surface area contributed by atoms with Crippen molar-refractivity contribution in [1.29, 1.82) is 0 Å². The third kappa shape index (κ3) is 5.33. The lowest BCUT2D eigenvalue weighted by Crippen LogP contribution is -2.26. The molecule has 0 atom stereocenters. The van der Waals surface area contributed by atoms with Gasteiger partial charge in [0.1, 0.15) is 5.82 Å². The van der Waals surface area contributed by atoms with E-state index in [9.17, 15) is 4.39 Å². The fourth-order valence-electron chi connectivity index (χ4n) is 4.90. The van der Waals surface area contributed by atoms with Gasteiger partial charge in [0.2, 0.25) is 7.28 Å². The highest BCUT2D eigenvalue weighted by molar-refractivity contribution is 6.51. The molecule has 5 aromatic rings. The van der Waals surface area contributed by atoms with E-state index < -0.39 is 0 Å². The maximum Gasteiger partial charge on any atom is 0.202 e. The average molecular weight is 471 g/mol. The molecule has 0 saturated heterocycles. The second kappa shape index (κ2) is 11.2. The van der Waals surface area contributed by atoms with Crippen molar-refractivity contribution in [2.24, 2.45) is 0 Å². The zero-order valence-corrected chi connectivity index (χ0v) is 20.5. The van der Waals surface area contributed by atoms with E-state index in [-0.39, 0.29) is 5.82 Å². The molecule has 4 heteroatoms. The minimum absolute atomic E-state index is 0.226. The second-order valence-corrected chi connectivity index (χ2v) is 9.14. The number of aromatic nitrogens is 2. The first-order valence-corrected chi connectivity index (χ1v) is 12.5. The molecular formula is C32H29BFN2. The van der Waals surface area contributed by atoms with Gasteiger partial charge in [-0.05, 0) is 48.2 Å². The molecule has 1 aromatic heterocycles. The Morgan fingerprint density at radius 1 is 0.806 bits per heavy atom. The number of imidazole rings is 1. The second-order valence-electron chi connectivity index (χ2n) is 9.14. The Morgan fingerprint density at radius 3 is 2.03 bits per heavy atom. The van der Waals surface area contributed by atoms with Crippen LogP contribution in [0, 0.1) is 12.7 Å². The van der Waals surface area contributed by atoms with Crippen molar-refractivity contribution in [2.75, 3.05) is 0 Å². The predicted molar refractivity (Wildman–Crippen MR) is 148 cm³/mol. The molecule has 0 aliphatic rings. The molecule has 36 heavy (non-hydrogen) atoms. The standard InChI is InChI=1S/C32H29BFN2/c1-24-22-28(34)19-20-30(24)36-31(27-16-9-4-10-17-27)23-35-32(36)33-21-11-18-29(25-12-5-2-6-13-25)26-14-7-3-8-15-26/h2-10,12-17,19-20,22-23,29H,11,18,21H2,1H3. The van der Waals surface area contributed by atoms with Crippen molar-refractivity contribution in [3.8, 4) is 16.9 Å². The monoisotopic (exact) mass is 471 g/mol. The van der Waals surface area contributed by atoms with Crippen molar-refractivity contribution in [3.05, 3.63) is 138 Å². The van der Waals surface area contributed by atoms with E-state index in [1.807, 2.05) is 37.4 Å². The number of halogens is 1. The third-order valence-electron chi connectivity index (χ3n) is 6.69. The Balaban J connectivity index is 1.37. The Morgan fingerprint density at radius 2 is 1.42 bits per heavy atom. The lowest BCUT2D eigenvalue weighted by Gasteiger charge is -2.18. The summed E-state index contributed by atoms with van der Waals surface area (Å²) in [6.45, 7) is 1.95. The first kappa shape index (κ1) is 23.8. The molecular weight excluding hydrogens is 442 g/mol. The van der Waals surface area contributed by atoms with Crippen LogP contribution in [0.2, 0.25) is 6.32 Å². The van der Waals surface area contributed by atoms with Gasteiger partial charge in [-0.15, -0.1) is 0 Å². The molecule has 0 spiro atoms. The first-order valence-electron chi connectivity index (χ1n) is 12.5. The molecule has 1 radical (unpaired) electrons. The van der Waals surface area contributed by atoms with Crippen molar-refractivity contribution >= 4 is 13.0 Å². The van der Waals surface area contributed by atoms with Crippen LogP contribution < -0.4 is 5.72 Å². The summed E-state index contributed by atoms with van der Waals surface area (Å²) in [5.41, 5.74) is 7.50. The van der Waals surface area contributed by atoms with Crippen LogP contribution in [0.5, 0.6) is 0 Å². The van der Waals surface area contributed by atoms with Crippen LogP contribution in [-0.2, 0) is 0 Å². The molecule has 0 fully saturated rings. The topological polar surface area (TPSA) is 17.8 Å². The van der Waals surface area contributed by atoms with Gasteiger partial charge >= 0.3 is 0 Å². The summed E-state index contributed by atoms with van der Waals surface area (Å²) in [6, 6.07) is 36.7. The van der Waals surface area contributed by atoms with E-state index in [0.717, 1.165) is 47.4 Å². The van der Waals surface area contributed by atoms with Gasteiger partial charge < -0.3 is 4.57 Å². The van der Waals surface area contributed by atoms with E-state index in [1.54, 1.807) is 6.07 Å². The van der Waals surface area contributed by atoms with Crippen LogP contribution in [-0.4, -0.2) is 16.8 Å². The van der Waals surface area contributed by atoms with Gasteiger partial charge in [-0.3, -0.25) is 4.98 Å². The Hall–Kier alpha value is -3.92. The largest absolute Gasteiger partial charge is 0.305 e. The zero-order valence-electron chi connectivity index (χ0n) is 20.5. The number of hydrogen-bond acceptors (Lipinski definition) is 1. The lowest BCUT2D eigenvalue weighted by atomic mass is 9.70. The Labute approximate surface area is 213 Å². The van der Waals surface area contributed by atoms with Gasteiger partial charge in [-0.25, -0.2) is 4.39 Å². The Kier molecular flexibility index (Phi) is 7.42. The van der Waals surface area contributed by atoms with Gasteiger partial charge in [0.05, 0.1) is 17.6 Å². The van der Waals surface area contributed by atoms with Crippen molar-refractivity contribution < 1.29 is 4.39 Å². The average Bonchev–Trinajstić information content (AvgIpc) is 3.34. The zero-order chi connectivity index (χ0) is 24.7. The van der Waals surface area contributed by atoms with Gasteiger partial charge in [0.15, 0.2) is 0 Å². The van der Waals surface area contributed by atoms with Gasteiger partial charge in [0.25, 0.3) is 0 Å². The lowest BCUT2D eigenvalue weighted by molar-refractivity contribution is 0.626. The summed E-state index contributed by atoms with van der Waals surface area (Å²) in [7, 11) is 2.21. The molecule has 4 aromatic carbocycles. The molecule has 2 nitrogen and oxygen atoms in total. The number of rotatable bonds is 9. The van der Waals surface area contributed by atoms with Gasteiger partial charge in [0, 0.05) is 17.2 Å². The van der Waals surface area contributed by atoms with Crippen molar-refractivity contribution in [2.45, 2.75) is 32.0 Å². The fourth-order valence-corrected chi connectivity index (χ4v) is 4.90. The third-order valence-corrected chi connectivity index (χ3v) is 6.69. The van der Waals surface area contributed by atoms with Crippen molar-refractivity contribution in [1.82, 2.24) is 9.55 Å². The molecule has 0 bridgehead atoms. The maximum absolute atomic E-state index is 13.9. The van der Waals surface area contributed by atoms with E-state index >= 15 is 0 Å². The quantitative estimate of drug-likeness (QED) is 0.162. The summed E-state index contributed by atoms with van der Waals surface area (Å²) >= 11 is 0. The number of aryl methyl sites for hydroxylation is 1. The van der Waals surface area contributed by atoms with Crippen LogP contribution in [0.25, 0.3) is 16.9 Å². The number of nitrogens with zero attached hydrogens (tertiary/aromatic N) is 2. The van der Waals surface area contributed by atoms with E-state index in [1.165, 1.54) is 17.2 Å². The first-order chi connectivity index (χ1) is 17.7. The highest BCUT2D eigenvalue weighted by Gasteiger charge is 2.17. The molecule has 0 saturated carbocycles. The van der Waals surface area contributed by atoms with E-state index in [2.05, 4.69) is 84.6 Å². The van der Waals surface area contributed by atoms with Crippen LogP contribution >= 0.6 is 0 Å². The smallest absolute Gasteiger partial charge is 0.202 e. The minimum atomic E-state index is -0.226. The normalized spacial score (nSPS) is 11.1. The van der Waals surface area contributed by atoms with Crippen LogP contribution in [0.4, 0.5) is 4.39 Å². The molecule has 177 valence electrons. The molecule has 0 aliphatic heterocycles. The summed E-state index contributed by atoms with van der Waals surface area (Å²) in [4.78, 5) is 4.78. The molecule has 0 amide bonds. The fraction of sp³-hybridized carbons (Fsp3) is 0.156. The molecule has 0 unspecified atom stereocenters. The van der Waals surface area contributed by atoms with Gasteiger partial charge in [-0.1, -0.05) is 104 Å². The van der Waals surface area contributed by atoms with Gasteiger partial charge in [-0.2, -0.15) is 0 Å². The summed E-state index contributed by atoms with van der Waals surface area (Å²) in [6.07, 6.45) is 4.90. The maximum atomic E-state index is 13.9. The van der Waals surface area contributed by atoms with Crippen LogP contribution in [0.1, 0.15) is 35.4 Å². The SMILES string of the molecule is Cc1cc(F)ccc1-n1c(-c2ccccc2)cnc1[B]CCCC(c1ccccc1)c1ccccc1. The number of hydrogen-bond donors (Lipinski definition) is 0.